The van der Waals surface area contributed by atoms with Crippen molar-refractivity contribution in [3.63, 3.8) is 0 Å². The van der Waals surface area contributed by atoms with Crippen LogP contribution in [0, 0.1) is 6.92 Å². The zero-order valence-corrected chi connectivity index (χ0v) is 14.1. The van der Waals surface area contributed by atoms with Crippen molar-refractivity contribution in [2.45, 2.75) is 6.92 Å². The van der Waals surface area contributed by atoms with E-state index >= 15 is 0 Å². The van der Waals surface area contributed by atoms with Gasteiger partial charge in [0.25, 0.3) is 0 Å². The van der Waals surface area contributed by atoms with Gasteiger partial charge in [0, 0.05) is 28.5 Å². The van der Waals surface area contributed by atoms with E-state index in [-0.39, 0.29) is 11.5 Å². The fraction of sp³-hybridized carbons (Fsp3) is 0.100. The minimum absolute atomic E-state index is 0.114. The Balaban J connectivity index is 1.69. The summed E-state index contributed by atoms with van der Waals surface area (Å²) in [5, 5.41) is 1.51. The Morgan fingerprint density at radius 1 is 0.923 bits per heavy atom. The summed E-state index contributed by atoms with van der Waals surface area (Å²) in [6, 6.07) is 13.1. The molecule has 0 radical (unpaired) electrons. The van der Waals surface area contributed by atoms with Gasteiger partial charge in [0.1, 0.15) is 22.7 Å². The standard InChI is InChI=1S/C20H14O6/c1-11-15-9-13(23-2)6-7-16(15)26-19(11)20(22)24-14-5-3-12-4-8-18(21)25-17(12)10-14/h3-10H,1-2H3. The van der Waals surface area contributed by atoms with Crippen LogP contribution in [0.5, 0.6) is 11.5 Å². The molecule has 0 saturated heterocycles. The smallest absolute Gasteiger partial charge is 0.379 e. The lowest BCUT2D eigenvalue weighted by molar-refractivity contribution is 0.0703. The normalized spacial score (nSPS) is 11.0. The highest BCUT2D eigenvalue weighted by Gasteiger charge is 2.20. The Labute approximate surface area is 147 Å². The molecule has 0 saturated carbocycles. The molecule has 0 amide bonds. The van der Waals surface area contributed by atoms with E-state index in [1.54, 1.807) is 50.4 Å². The third-order valence-corrected chi connectivity index (χ3v) is 4.13. The van der Waals surface area contributed by atoms with E-state index < -0.39 is 11.6 Å². The van der Waals surface area contributed by atoms with Crippen molar-refractivity contribution in [1.82, 2.24) is 0 Å². The topological polar surface area (TPSA) is 78.9 Å². The van der Waals surface area contributed by atoms with E-state index in [4.69, 9.17) is 18.3 Å². The van der Waals surface area contributed by atoms with Crippen LogP contribution in [0.2, 0.25) is 0 Å². The molecule has 0 fully saturated rings. The molecule has 0 bridgehead atoms. The number of aryl methyl sites for hydroxylation is 1. The van der Waals surface area contributed by atoms with Crippen molar-refractivity contribution < 1.29 is 23.1 Å². The van der Waals surface area contributed by atoms with E-state index in [2.05, 4.69) is 0 Å². The van der Waals surface area contributed by atoms with Gasteiger partial charge >= 0.3 is 11.6 Å². The Bertz CT molecular complexity index is 1200. The molecule has 6 nitrogen and oxygen atoms in total. The molecular weight excluding hydrogens is 336 g/mol. The number of carbonyl (C=O) groups excluding carboxylic acids is 1. The van der Waals surface area contributed by atoms with Crippen LogP contribution in [0.25, 0.3) is 21.9 Å². The van der Waals surface area contributed by atoms with Crippen molar-refractivity contribution >= 4 is 27.9 Å². The molecule has 0 unspecified atom stereocenters. The summed E-state index contributed by atoms with van der Waals surface area (Å²) < 4.78 is 21.3. The van der Waals surface area contributed by atoms with E-state index in [1.807, 2.05) is 0 Å². The monoisotopic (exact) mass is 350 g/mol. The number of hydrogen-bond acceptors (Lipinski definition) is 6. The molecule has 26 heavy (non-hydrogen) atoms. The van der Waals surface area contributed by atoms with Crippen molar-refractivity contribution in [2.75, 3.05) is 7.11 Å². The summed E-state index contributed by atoms with van der Waals surface area (Å²) in [4.78, 5) is 23.9. The van der Waals surface area contributed by atoms with Gasteiger partial charge in [-0.2, -0.15) is 0 Å². The lowest BCUT2D eigenvalue weighted by atomic mass is 10.1. The van der Waals surface area contributed by atoms with Crippen molar-refractivity contribution in [3.8, 4) is 11.5 Å². The molecule has 0 aliphatic rings. The maximum Gasteiger partial charge on any atom is 0.379 e. The van der Waals surface area contributed by atoms with Crippen LogP contribution >= 0.6 is 0 Å². The van der Waals surface area contributed by atoms with Gasteiger partial charge in [0.15, 0.2) is 0 Å². The van der Waals surface area contributed by atoms with Gasteiger partial charge in [-0.25, -0.2) is 9.59 Å². The first-order chi connectivity index (χ1) is 12.5. The predicted octanol–water partition coefficient (Wildman–Crippen LogP) is 4.08. The molecular formula is C20H14O6. The summed E-state index contributed by atoms with van der Waals surface area (Å²) >= 11 is 0. The zero-order valence-electron chi connectivity index (χ0n) is 14.1. The van der Waals surface area contributed by atoms with Crippen molar-refractivity contribution in [2.24, 2.45) is 0 Å². The van der Waals surface area contributed by atoms with Crippen LogP contribution in [0.1, 0.15) is 16.1 Å². The van der Waals surface area contributed by atoms with Crippen LogP contribution < -0.4 is 15.1 Å². The van der Waals surface area contributed by atoms with Crippen LogP contribution in [-0.2, 0) is 0 Å². The lowest BCUT2D eigenvalue weighted by Gasteiger charge is -2.04. The second kappa shape index (κ2) is 6.07. The summed E-state index contributed by atoms with van der Waals surface area (Å²) in [5.41, 5.74) is 1.10. The largest absolute Gasteiger partial charge is 0.497 e. The molecule has 4 aromatic rings. The number of ether oxygens (including phenoxy) is 2. The molecule has 6 heteroatoms. The molecule has 2 aromatic heterocycles. The fourth-order valence-electron chi connectivity index (χ4n) is 2.78. The highest BCUT2D eigenvalue weighted by Crippen LogP contribution is 2.30. The van der Waals surface area contributed by atoms with Crippen LogP contribution in [-0.4, -0.2) is 13.1 Å². The van der Waals surface area contributed by atoms with Gasteiger partial charge in [0.2, 0.25) is 5.76 Å². The van der Waals surface area contributed by atoms with Gasteiger partial charge in [0.05, 0.1) is 7.11 Å². The van der Waals surface area contributed by atoms with Crippen molar-refractivity contribution in [1.29, 1.82) is 0 Å². The van der Waals surface area contributed by atoms with Crippen LogP contribution in [0.4, 0.5) is 0 Å². The number of benzene rings is 2. The third kappa shape index (κ3) is 2.71. The van der Waals surface area contributed by atoms with Gasteiger partial charge in [-0.15, -0.1) is 0 Å². The minimum Gasteiger partial charge on any atom is -0.497 e. The molecule has 4 rings (SSSR count). The maximum atomic E-state index is 12.5. The second-order valence-electron chi connectivity index (χ2n) is 5.76. The van der Waals surface area contributed by atoms with Gasteiger partial charge in [-0.1, -0.05) is 0 Å². The van der Waals surface area contributed by atoms with Crippen molar-refractivity contribution in [3.05, 3.63) is 70.3 Å². The first-order valence-corrected chi connectivity index (χ1v) is 7.88. The average molecular weight is 350 g/mol. The lowest BCUT2D eigenvalue weighted by Crippen LogP contribution is -2.08. The number of rotatable bonds is 3. The highest BCUT2D eigenvalue weighted by atomic mass is 16.5. The zero-order chi connectivity index (χ0) is 18.3. The third-order valence-electron chi connectivity index (χ3n) is 4.13. The Morgan fingerprint density at radius 2 is 1.69 bits per heavy atom. The Hall–Kier alpha value is -3.54. The van der Waals surface area contributed by atoms with E-state index in [0.717, 1.165) is 10.8 Å². The highest BCUT2D eigenvalue weighted by molar-refractivity contribution is 5.97. The molecule has 2 heterocycles. The molecule has 0 N–H and O–H groups in total. The number of carbonyl (C=O) groups is 1. The second-order valence-corrected chi connectivity index (χ2v) is 5.76. The van der Waals surface area contributed by atoms with E-state index in [1.165, 1.54) is 12.1 Å². The molecule has 0 atom stereocenters. The number of fused-ring (bicyclic) bond motifs is 2. The first kappa shape index (κ1) is 16.0. The number of hydrogen-bond donors (Lipinski definition) is 0. The Morgan fingerprint density at radius 3 is 2.50 bits per heavy atom. The predicted molar refractivity (Wildman–Crippen MR) is 94.9 cm³/mol. The summed E-state index contributed by atoms with van der Waals surface area (Å²) in [7, 11) is 1.57. The van der Waals surface area contributed by atoms with Gasteiger partial charge in [-0.3, -0.25) is 0 Å². The molecule has 0 aliphatic carbocycles. The SMILES string of the molecule is COc1ccc2oc(C(=O)Oc3ccc4ccc(=O)oc4c3)c(C)c2c1. The van der Waals surface area contributed by atoms with E-state index in [0.29, 0.717) is 22.5 Å². The maximum absolute atomic E-state index is 12.5. The fourth-order valence-corrected chi connectivity index (χ4v) is 2.78. The molecule has 0 spiro atoms. The summed E-state index contributed by atoms with van der Waals surface area (Å²) in [6.07, 6.45) is 0. The molecule has 2 aromatic carbocycles. The Kier molecular flexibility index (Phi) is 3.73. The molecule has 0 aliphatic heterocycles. The average Bonchev–Trinajstić information content (AvgIpc) is 2.97. The van der Waals surface area contributed by atoms with E-state index in [9.17, 15) is 9.59 Å². The number of esters is 1. The van der Waals surface area contributed by atoms with Crippen LogP contribution in [0.3, 0.4) is 0 Å². The minimum atomic E-state index is -0.629. The molecule has 130 valence electrons. The first-order valence-electron chi connectivity index (χ1n) is 7.88. The number of furan rings is 1. The van der Waals surface area contributed by atoms with Gasteiger partial charge in [-0.05, 0) is 43.3 Å². The summed E-state index contributed by atoms with van der Waals surface area (Å²) in [5.74, 6) is 0.415. The quantitative estimate of drug-likeness (QED) is 0.315. The van der Waals surface area contributed by atoms with Gasteiger partial charge < -0.3 is 18.3 Å². The van der Waals surface area contributed by atoms with Crippen LogP contribution in [0.15, 0.2) is 62.2 Å². The summed E-state index contributed by atoms with van der Waals surface area (Å²) in [6.45, 7) is 1.78. The number of methoxy groups -OCH3 is 1.